The second-order valence-corrected chi connectivity index (χ2v) is 6.85. The molecular weight excluding hydrogens is 326 g/mol. The molecule has 1 aromatic rings. The first-order valence-corrected chi connectivity index (χ1v) is 8.74. The first-order valence-electron chi connectivity index (χ1n) is 7.92. The van der Waals surface area contributed by atoms with Gasteiger partial charge in [0, 0.05) is 5.56 Å². The maximum absolute atomic E-state index is 12.3. The second kappa shape index (κ2) is 7.27. The molecule has 0 unspecified atom stereocenters. The van der Waals surface area contributed by atoms with Gasteiger partial charge in [0.25, 0.3) is 5.91 Å². The third-order valence-electron chi connectivity index (χ3n) is 4.22. The Labute approximate surface area is 146 Å². The van der Waals surface area contributed by atoms with Crippen molar-refractivity contribution in [3.05, 3.63) is 28.7 Å². The molecule has 1 fully saturated rings. The lowest BCUT2D eigenvalue weighted by molar-refractivity contribution is -0.883. The van der Waals surface area contributed by atoms with E-state index in [1.54, 1.807) is 14.2 Å². The number of hydrogen-bond donors (Lipinski definition) is 1. The Morgan fingerprint density at radius 2 is 2.00 bits per heavy atom. The molecule has 2 aliphatic heterocycles. The fraction of sp³-hybridized carbons (Fsp3) is 0.412. The van der Waals surface area contributed by atoms with Gasteiger partial charge in [0.15, 0.2) is 16.7 Å². The van der Waals surface area contributed by atoms with Crippen molar-refractivity contribution in [2.24, 2.45) is 4.99 Å². The molecule has 1 saturated heterocycles. The maximum atomic E-state index is 12.3. The average Bonchev–Trinajstić information content (AvgIpc) is 2.96. The Balaban J connectivity index is 1.80. The van der Waals surface area contributed by atoms with Gasteiger partial charge in [-0.2, -0.15) is 4.99 Å². The zero-order chi connectivity index (χ0) is 17.1. The van der Waals surface area contributed by atoms with Crippen LogP contribution in [0.5, 0.6) is 11.5 Å². The fourth-order valence-electron chi connectivity index (χ4n) is 2.78. The molecule has 6 nitrogen and oxygen atoms in total. The van der Waals surface area contributed by atoms with E-state index in [1.807, 2.05) is 24.3 Å². The van der Waals surface area contributed by atoms with Crippen molar-refractivity contribution in [1.29, 1.82) is 0 Å². The Bertz CT molecular complexity index is 694. The van der Waals surface area contributed by atoms with Gasteiger partial charge in [-0.1, -0.05) is 12.1 Å². The number of nitrogens with zero attached hydrogens (tertiary/aromatic N) is 2. The summed E-state index contributed by atoms with van der Waals surface area (Å²) in [6.07, 6.45) is 1.83. The van der Waals surface area contributed by atoms with E-state index in [-0.39, 0.29) is 5.91 Å². The highest BCUT2D eigenvalue weighted by Crippen LogP contribution is 2.36. The SMILES string of the molecule is COc1cccc(/C=C2\SC(N3CC[NH+](C)CC3)=NC2=O)c1OC. The molecule has 24 heavy (non-hydrogen) atoms. The van der Waals surface area contributed by atoms with Crippen molar-refractivity contribution in [3.63, 3.8) is 0 Å². The van der Waals surface area contributed by atoms with E-state index in [4.69, 9.17) is 9.47 Å². The van der Waals surface area contributed by atoms with Gasteiger partial charge in [-0.15, -0.1) is 0 Å². The van der Waals surface area contributed by atoms with Gasteiger partial charge < -0.3 is 19.3 Å². The van der Waals surface area contributed by atoms with Crippen molar-refractivity contribution < 1.29 is 19.2 Å². The number of nitrogens with one attached hydrogen (secondary N) is 1. The molecule has 2 aliphatic rings. The summed E-state index contributed by atoms with van der Waals surface area (Å²) in [6, 6.07) is 5.61. The Morgan fingerprint density at radius 1 is 1.25 bits per heavy atom. The average molecular weight is 348 g/mol. The number of benzene rings is 1. The largest absolute Gasteiger partial charge is 0.493 e. The minimum atomic E-state index is -0.189. The Kier molecular flexibility index (Phi) is 5.11. The molecular formula is C17H22N3O3S+. The van der Waals surface area contributed by atoms with Gasteiger partial charge >= 0.3 is 0 Å². The number of thioether (sulfide) groups is 1. The van der Waals surface area contributed by atoms with E-state index in [0.717, 1.165) is 36.9 Å². The van der Waals surface area contributed by atoms with Gasteiger partial charge in [0.2, 0.25) is 0 Å². The van der Waals surface area contributed by atoms with E-state index in [2.05, 4.69) is 16.9 Å². The van der Waals surface area contributed by atoms with Crippen LogP contribution < -0.4 is 14.4 Å². The molecule has 0 aliphatic carbocycles. The molecule has 7 heteroatoms. The van der Waals surface area contributed by atoms with Crippen LogP contribution in [0.2, 0.25) is 0 Å². The van der Waals surface area contributed by atoms with Crippen molar-refractivity contribution in [3.8, 4) is 11.5 Å². The van der Waals surface area contributed by atoms with Crippen molar-refractivity contribution >= 4 is 28.9 Å². The van der Waals surface area contributed by atoms with E-state index in [0.29, 0.717) is 16.4 Å². The molecule has 1 N–H and O–H groups in total. The summed E-state index contributed by atoms with van der Waals surface area (Å²) in [4.78, 5) is 20.8. The van der Waals surface area contributed by atoms with Crippen LogP contribution in [-0.4, -0.2) is 63.4 Å². The summed E-state index contributed by atoms with van der Waals surface area (Å²) in [5, 5.41) is 0.806. The zero-order valence-electron chi connectivity index (χ0n) is 14.2. The lowest BCUT2D eigenvalue weighted by Crippen LogP contribution is -3.12. The van der Waals surface area contributed by atoms with E-state index >= 15 is 0 Å². The van der Waals surface area contributed by atoms with Crippen LogP contribution in [0.25, 0.3) is 6.08 Å². The molecule has 0 atom stereocenters. The number of methoxy groups -OCH3 is 2. The number of quaternary nitrogens is 1. The Morgan fingerprint density at radius 3 is 2.67 bits per heavy atom. The highest BCUT2D eigenvalue weighted by molar-refractivity contribution is 8.18. The van der Waals surface area contributed by atoms with Gasteiger partial charge in [-0.05, 0) is 23.9 Å². The van der Waals surface area contributed by atoms with Crippen LogP contribution in [0.4, 0.5) is 0 Å². The molecule has 0 aromatic heterocycles. The van der Waals surface area contributed by atoms with Crippen LogP contribution in [0.1, 0.15) is 5.56 Å². The molecule has 0 radical (unpaired) electrons. The maximum Gasteiger partial charge on any atom is 0.286 e. The van der Waals surface area contributed by atoms with Crippen LogP contribution in [0.3, 0.4) is 0 Å². The quantitative estimate of drug-likeness (QED) is 0.807. The number of amides is 1. The highest BCUT2D eigenvalue weighted by atomic mass is 32.2. The number of para-hydroxylation sites is 1. The van der Waals surface area contributed by atoms with Crippen LogP contribution in [0.15, 0.2) is 28.1 Å². The summed E-state index contributed by atoms with van der Waals surface area (Å²) in [7, 11) is 5.38. The van der Waals surface area contributed by atoms with Crippen LogP contribution in [-0.2, 0) is 4.79 Å². The number of rotatable bonds is 3. The third-order valence-corrected chi connectivity index (χ3v) is 5.26. The number of aliphatic imine (C=N–C) groups is 1. The lowest BCUT2D eigenvalue weighted by atomic mass is 10.1. The molecule has 0 spiro atoms. The summed E-state index contributed by atoms with van der Waals surface area (Å²) >= 11 is 1.44. The topological polar surface area (TPSA) is 55.6 Å². The lowest BCUT2D eigenvalue weighted by Gasteiger charge is -2.30. The van der Waals surface area contributed by atoms with E-state index in [9.17, 15) is 4.79 Å². The number of carbonyl (C=O) groups excluding carboxylic acids is 1. The van der Waals surface area contributed by atoms with Gasteiger partial charge in [0.05, 0.1) is 52.4 Å². The molecule has 1 amide bonds. The predicted octanol–water partition coefficient (Wildman–Crippen LogP) is 0.504. The van der Waals surface area contributed by atoms with Crippen molar-refractivity contribution in [2.45, 2.75) is 0 Å². The normalized spacial score (nSPS) is 20.5. The fourth-order valence-corrected chi connectivity index (χ4v) is 3.74. The van der Waals surface area contributed by atoms with Crippen LogP contribution in [0, 0.1) is 0 Å². The number of carbonyl (C=O) groups is 1. The van der Waals surface area contributed by atoms with Gasteiger partial charge in [0.1, 0.15) is 0 Å². The van der Waals surface area contributed by atoms with Crippen molar-refractivity contribution in [2.75, 3.05) is 47.4 Å². The summed E-state index contributed by atoms with van der Waals surface area (Å²) in [5.74, 6) is 1.08. The smallest absolute Gasteiger partial charge is 0.286 e. The number of likely N-dealkylation sites (N-methyl/N-ethyl adjacent to an activating group) is 1. The van der Waals surface area contributed by atoms with Gasteiger partial charge in [-0.25, -0.2) is 0 Å². The predicted molar refractivity (Wildman–Crippen MR) is 95.7 cm³/mol. The number of ether oxygens (including phenoxy) is 2. The molecule has 0 saturated carbocycles. The molecule has 0 bridgehead atoms. The number of piperazine rings is 1. The highest BCUT2D eigenvalue weighted by Gasteiger charge is 2.29. The van der Waals surface area contributed by atoms with Gasteiger partial charge in [-0.3, -0.25) is 4.79 Å². The van der Waals surface area contributed by atoms with E-state index < -0.39 is 0 Å². The third kappa shape index (κ3) is 3.42. The number of hydrogen-bond acceptors (Lipinski definition) is 5. The van der Waals surface area contributed by atoms with Crippen LogP contribution >= 0.6 is 11.8 Å². The Hall–Kier alpha value is -1.99. The molecule has 2 heterocycles. The summed E-state index contributed by atoms with van der Waals surface area (Å²) < 4.78 is 10.7. The molecule has 1 aromatic carbocycles. The summed E-state index contributed by atoms with van der Waals surface area (Å²) in [5.41, 5.74) is 0.812. The minimum Gasteiger partial charge on any atom is -0.493 e. The van der Waals surface area contributed by atoms with E-state index in [1.165, 1.54) is 16.7 Å². The standard InChI is InChI=1S/C17H21N3O3S/c1-19-7-9-20(10-8-19)17-18-16(21)14(24-17)11-12-5-4-6-13(22-2)15(12)23-3/h4-6,11H,7-10H2,1-3H3/p+1/b14-11-. The zero-order valence-corrected chi connectivity index (χ0v) is 15.0. The first-order chi connectivity index (χ1) is 11.6. The number of amidine groups is 1. The second-order valence-electron chi connectivity index (χ2n) is 5.84. The summed E-state index contributed by atoms with van der Waals surface area (Å²) in [6.45, 7) is 3.99. The molecule has 128 valence electrons. The van der Waals surface area contributed by atoms with Crippen molar-refractivity contribution in [1.82, 2.24) is 4.90 Å². The first kappa shape index (κ1) is 16.9. The minimum absolute atomic E-state index is 0.189. The molecule has 3 rings (SSSR count). The monoisotopic (exact) mass is 348 g/mol.